The monoisotopic (exact) mass is 253 g/mol. The van der Waals surface area contributed by atoms with E-state index in [0.29, 0.717) is 17.1 Å². The maximum absolute atomic E-state index is 13.4. The number of anilines is 1. The van der Waals surface area contributed by atoms with Gasteiger partial charge in [0.05, 0.1) is 10.7 Å². The van der Waals surface area contributed by atoms with Gasteiger partial charge < -0.3 is 5.73 Å². The minimum absolute atomic E-state index is 0.107. The molecule has 0 atom stereocenters. The third kappa shape index (κ3) is 2.00. The number of aromatic nitrogens is 2. The molecule has 0 bridgehead atoms. The van der Waals surface area contributed by atoms with Crippen molar-refractivity contribution in [3.8, 4) is 11.3 Å². The zero-order valence-electron chi connectivity index (χ0n) is 9.67. The van der Waals surface area contributed by atoms with Crippen molar-refractivity contribution in [1.82, 2.24) is 9.78 Å². The lowest BCUT2D eigenvalue weighted by atomic mass is 10.1. The van der Waals surface area contributed by atoms with E-state index in [2.05, 4.69) is 5.10 Å². The van der Waals surface area contributed by atoms with E-state index in [-0.39, 0.29) is 5.02 Å². The second-order valence-corrected chi connectivity index (χ2v) is 4.23. The van der Waals surface area contributed by atoms with Crippen LogP contribution in [-0.2, 0) is 13.5 Å². The molecule has 0 saturated heterocycles. The van der Waals surface area contributed by atoms with Gasteiger partial charge in [-0.05, 0) is 18.6 Å². The molecule has 0 aliphatic carbocycles. The average molecular weight is 254 g/mol. The van der Waals surface area contributed by atoms with Gasteiger partial charge in [0.1, 0.15) is 11.6 Å². The lowest BCUT2D eigenvalue weighted by molar-refractivity contribution is 0.628. The molecule has 0 radical (unpaired) electrons. The van der Waals surface area contributed by atoms with Crippen LogP contribution in [0.25, 0.3) is 11.3 Å². The third-order valence-electron chi connectivity index (χ3n) is 2.74. The van der Waals surface area contributed by atoms with Crippen LogP contribution in [0.2, 0.25) is 5.02 Å². The van der Waals surface area contributed by atoms with Gasteiger partial charge in [-0.3, -0.25) is 4.68 Å². The van der Waals surface area contributed by atoms with Crippen molar-refractivity contribution in [3.05, 3.63) is 34.6 Å². The van der Waals surface area contributed by atoms with Gasteiger partial charge in [0.2, 0.25) is 0 Å². The van der Waals surface area contributed by atoms with E-state index in [1.54, 1.807) is 17.8 Å². The van der Waals surface area contributed by atoms with Crippen LogP contribution in [-0.4, -0.2) is 9.78 Å². The number of aryl methyl sites for hydroxylation is 1. The number of rotatable bonds is 2. The Morgan fingerprint density at radius 2 is 2.18 bits per heavy atom. The highest BCUT2D eigenvalue weighted by molar-refractivity contribution is 6.30. The highest BCUT2D eigenvalue weighted by Gasteiger charge is 2.14. The smallest absolute Gasteiger partial charge is 0.142 e. The summed E-state index contributed by atoms with van der Waals surface area (Å²) >= 11 is 5.65. The van der Waals surface area contributed by atoms with Crippen LogP contribution in [0.15, 0.2) is 18.2 Å². The number of nitrogen functional groups attached to an aromatic ring is 1. The molecule has 0 unspecified atom stereocenters. The van der Waals surface area contributed by atoms with Crippen LogP contribution in [0.4, 0.5) is 10.2 Å². The summed E-state index contributed by atoms with van der Waals surface area (Å²) in [5.74, 6) is 0.160. The summed E-state index contributed by atoms with van der Waals surface area (Å²) in [7, 11) is 1.77. The lowest BCUT2D eigenvalue weighted by Crippen LogP contribution is -1.98. The van der Waals surface area contributed by atoms with Crippen molar-refractivity contribution in [3.63, 3.8) is 0 Å². The zero-order chi connectivity index (χ0) is 12.6. The van der Waals surface area contributed by atoms with Crippen LogP contribution < -0.4 is 5.73 Å². The van der Waals surface area contributed by atoms with Gasteiger partial charge >= 0.3 is 0 Å². The molecule has 0 aliphatic rings. The molecule has 0 saturated carbocycles. The van der Waals surface area contributed by atoms with Crippen molar-refractivity contribution in [2.75, 3.05) is 5.73 Å². The molecule has 90 valence electrons. The Kier molecular flexibility index (Phi) is 3.07. The minimum atomic E-state index is -0.449. The first-order valence-electron chi connectivity index (χ1n) is 5.31. The van der Waals surface area contributed by atoms with Gasteiger partial charge in [-0.25, -0.2) is 4.39 Å². The van der Waals surface area contributed by atoms with E-state index < -0.39 is 5.82 Å². The predicted octanol–water partition coefficient (Wildman–Crippen LogP) is 3.02. The van der Waals surface area contributed by atoms with Crippen LogP contribution in [0.5, 0.6) is 0 Å². The molecule has 1 heterocycles. The van der Waals surface area contributed by atoms with Crippen molar-refractivity contribution in [2.24, 2.45) is 7.05 Å². The fourth-order valence-electron chi connectivity index (χ4n) is 1.80. The predicted molar refractivity (Wildman–Crippen MR) is 67.4 cm³/mol. The van der Waals surface area contributed by atoms with Crippen molar-refractivity contribution >= 4 is 17.4 Å². The summed E-state index contributed by atoms with van der Waals surface area (Å²) in [5.41, 5.74) is 8.23. The molecule has 2 rings (SSSR count). The minimum Gasteiger partial charge on any atom is -0.384 e. The number of hydrogen-bond donors (Lipinski definition) is 1. The molecular formula is C12H13ClFN3. The zero-order valence-corrected chi connectivity index (χ0v) is 10.4. The number of hydrogen-bond acceptors (Lipinski definition) is 2. The molecule has 0 fully saturated rings. The molecule has 0 amide bonds. The first-order chi connectivity index (χ1) is 8.04. The van der Waals surface area contributed by atoms with Crippen LogP contribution in [0.3, 0.4) is 0 Å². The quantitative estimate of drug-likeness (QED) is 0.894. The lowest BCUT2D eigenvalue weighted by Gasteiger charge is -2.02. The first-order valence-corrected chi connectivity index (χ1v) is 5.69. The summed E-state index contributed by atoms with van der Waals surface area (Å²) in [6.07, 6.45) is 0.749. The molecule has 5 heteroatoms. The Bertz CT molecular complexity index is 563. The second kappa shape index (κ2) is 4.37. The van der Waals surface area contributed by atoms with E-state index in [4.69, 9.17) is 17.3 Å². The molecule has 1 aromatic heterocycles. The van der Waals surface area contributed by atoms with Crippen LogP contribution >= 0.6 is 11.6 Å². The summed E-state index contributed by atoms with van der Waals surface area (Å²) in [6.45, 7) is 1.99. The topological polar surface area (TPSA) is 43.8 Å². The standard InChI is InChI=1S/C12H13ClFN3/c1-3-8-11(16-17(2)12(8)15)7-4-5-9(13)10(14)6-7/h4-6H,3,15H2,1-2H3. The fraction of sp³-hybridized carbons (Fsp3) is 0.250. The highest BCUT2D eigenvalue weighted by Crippen LogP contribution is 2.29. The van der Waals surface area contributed by atoms with E-state index in [0.717, 1.165) is 12.0 Å². The Labute approximate surface area is 104 Å². The van der Waals surface area contributed by atoms with Crippen LogP contribution in [0.1, 0.15) is 12.5 Å². The van der Waals surface area contributed by atoms with E-state index in [1.165, 1.54) is 12.1 Å². The Balaban J connectivity index is 2.60. The maximum Gasteiger partial charge on any atom is 0.142 e. The molecule has 1 aromatic carbocycles. The molecule has 2 aromatic rings. The molecule has 0 spiro atoms. The summed E-state index contributed by atoms with van der Waals surface area (Å²) < 4.78 is 15.0. The van der Waals surface area contributed by atoms with Crippen molar-refractivity contribution in [1.29, 1.82) is 0 Å². The highest BCUT2D eigenvalue weighted by atomic mass is 35.5. The number of halogens is 2. The van der Waals surface area contributed by atoms with Gasteiger partial charge in [-0.1, -0.05) is 24.6 Å². The van der Waals surface area contributed by atoms with E-state index in [1.807, 2.05) is 6.92 Å². The summed E-state index contributed by atoms with van der Waals surface area (Å²) in [4.78, 5) is 0. The van der Waals surface area contributed by atoms with E-state index in [9.17, 15) is 4.39 Å². The second-order valence-electron chi connectivity index (χ2n) is 3.82. The van der Waals surface area contributed by atoms with Gasteiger partial charge in [-0.2, -0.15) is 5.10 Å². The fourth-order valence-corrected chi connectivity index (χ4v) is 1.92. The Morgan fingerprint density at radius 3 is 2.76 bits per heavy atom. The summed E-state index contributed by atoms with van der Waals surface area (Å²) in [5, 5.41) is 4.41. The van der Waals surface area contributed by atoms with E-state index >= 15 is 0 Å². The number of nitrogens with zero attached hydrogens (tertiary/aromatic N) is 2. The van der Waals surface area contributed by atoms with Gasteiger partial charge in [0.15, 0.2) is 0 Å². The SMILES string of the molecule is CCc1c(-c2ccc(Cl)c(F)c2)nn(C)c1N. The van der Waals surface area contributed by atoms with Gasteiger partial charge in [0.25, 0.3) is 0 Å². The number of benzene rings is 1. The maximum atomic E-state index is 13.4. The first kappa shape index (κ1) is 11.9. The number of nitrogens with two attached hydrogens (primary N) is 1. The van der Waals surface area contributed by atoms with Crippen molar-refractivity contribution < 1.29 is 4.39 Å². The van der Waals surface area contributed by atoms with Crippen molar-refractivity contribution in [2.45, 2.75) is 13.3 Å². The van der Waals surface area contributed by atoms with Gasteiger partial charge in [0, 0.05) is 18.2 Å². The molecular weight excluding hydrogens is 241 g/mol. The normalized spacial score (nSPS) is 10.8. The molecule has 0 aliphatic heterocycles. The Morgan fingerprint density at radius 1 is 1.47 bits per heavy atom. The molecule has 3 nitrogen and oxygen atoms in total. The largest absolute Gasteiger partial charge is 0.384 e. The van der Waals surface area contributed by atoms with Gasteiger partial charge in [-0.15, -0.1) is 0 Å². The van der Waals surface area contributed by atoms with Crippen LogP contribution in [0, 0.1) is 5.82 Å². The third-order valence-corrected chi connectivity index (χ3v) is 3.05. The average Bonchev–Trinajstić information content (AvgIpc) is 2.59. The summed E-state index contributed by atoms with van der Waals surface area (Å²) in [6, 6.07) is 4.64. The Hall–Kier alpha value is -1.55. The molecule has 17 heavy (non-hydrogen) atoms. The molecule has 2 N–H and O–H groups in total.